The Balaban J connectivity index is 1.25. The summed E-state index contributed by atoms with van der Waals surface area (Å²) >= 11 is 0. The lowest BCUT2D eigenvalue weighted by Crippen LogP contribution is -2.38. The number of rotatable bonds is 15. The van der Waals surface area contributed by atoms with Crippen LogP contribution in [0.4, 0.5) is 9.59 Å². The lowest BCUT2D eigenvalue weighted by atomic mass is 9.84. The van der Waals surface area contributed by atoms with Crippen molar-refractivity contribution < 1.29 is 66.7 Å². The second-order valence-electron chi connectivity index (χ2n) is 12.4. The summed E-state index contributed by atoms with van der Waals surface area (Å²) in [7, 11) is 0. The van der Waals surface area contributed by atoms with Crippen molar-refractivity contribution in [1.82, 2.24) is 0 Å². The van der Waals surface area contributed by atoms with E-state index in [9.17, 15) is 28.8 Å². The van der Waals surface area contributed by atoms with Crippen molar-refractivity contribution in [2.75, 3.05) is 26.4 Å². The number of esters is 4. The Morgan fingerprint density at radius 1 is 0.583 bits per heavy atom. The van der Waals surface area contributed by atoms with Crippen LogP contribution in [0.25, 0.3) is 0 Å². The zero-order chi connectivity index (χ0) is 34.9. The summed E-state index contributed by atoms with van der Waals surface area (Å²) < 4.78 is 41.6. The highest BCUT2D eigenvalue weighted by Gasteiger charge is 2.36. The second kappa shape index (κ2) is 20.3. The lowest BCUT2D eigenvalue weighted by molar-refractivity contribution is -0.166. The fourth-order valence-corrected chi connectivity index (χ4v) is 6.18. The molecule has 0 aromatic carbocycles. The zero-order valence-corrected chi connectivity index (χ0v) is 27.6. The van der Waals surface area contributed by atoms with Gasteiger partial charge in [-0.3, -0.25) is 9.59 Å². The molecule has 3 aliphatic rings. The number of hydrogen-bond acceptors (Lipinski definition) is 14. The molecule has 0 heterocycles. The molecule has 3 unspecified atom stereocenters. The molecule has 48 heavy (non-hydrogen) atoms. The summed E-state index contributed by atoms with van der Waals surface area (Å²) in [5, 5.41) is 0. The summed E-state index contributed by atoms with van der Waals surface area (Å²) in [6.45, 7) is 8.14. The van der Waals surface area contributed by atoms with Crippen molar-refractivity contribution in [3.05, 3.63) is 25.3 Å². The van der Waals surface area contributed by atoms with Gasteiger partial charge < -0.3 is 37.9 Å². The maximum atomic E-state index is 12.9. The molecule has 268 valence electrons. The predicted molar refractivity (Wildman–Crippen MR) is 166 cm³/mol. The molecule has 0 saturated heterocycles. The Labute approximate surface area is 280 Å². The molecule has 0 N–H and O–H groups in total. The molecule has 0 bridgehead atoms. The number of hydrogen-bond donors (Lipinski definition) is 0. The van der Waals surface area contributed by atoms with E-state index < -0.39 is 24.2 Å². The largest absolute Gasteiger partial charge is 0.508 e. The van der Waals surface area contributed by atoms with Gasteiger partial charge in [-0.1, -0.05) is 20.1 Å². The maximum absolute atomic E-state index is 12.9. The molecule has 0 radical (unpaired) electrons. The van der Waals surface area contributed by atoms with Crippen LogP contribution >= 0.6 is 0 Å². The zero-order valence-electron chi connectivity index (χ0n) is 27.6. The van der Waals surface area contributed by atoms with Gasteiger partial charge in [-0.2, -0.15) is 0 Å². The van der Waals surface area contributed by atoms with Gasteiger partial charge in [0.2, 0.25) is 0 Å². The summed E-state index contributed by atoms with van der Waals surface area (Å²) in [5.41, 5.74) is 0. The molecule has 0 aliphatic heterocycles. The van der Waals surface area contributed by atoms with Crippen LogP contribution in [0.2, 0.25) is 0 Å². The van der Waals surface area contributed by atoms with Gasteiger partial charge in [0.1, 0.15) is 50.8 Å². The molecule has 3 saturated carbocycles. The lowest BCUT2D eigenvalue weighted by Gasteiger charge is -2.35. The van der Waals surface area contributed by atoms with E-state index in [1.165, 1.54) is 0 Å². The van der Waals surface area contributed by atoms with Crippen molar-refractivity contribution in [3.8, 4) is 0 Å². The molecule has 3 fully saturated rings. The summed E-state index contributed by atoms with van der Waals surface area (Å²) in [5.74, 6) is -1.81. The van der Waals surface area contributed by atoms with Gasteiger partial charge in [0.15, 0.2) is 0 Å². The topological polar surface area (TPSA) is 176 Å². The van der Waals surface area contributed by atoms with Crippen LogP contribution < -0.4 is 0 Å². The van der Waals surface area contributed by atoms with Crippen LogP contribution in [0.1, 0.15) is 84.0 Å². The first kappa shape index (κ1) is 38.3. The van der Waals surface area contributed by atoms with Gasteiger partial charge in [0.05, 0.1) is 5.92 Å². The maximum Gasteiger partial charge on any atom is 0.508 e. The van der Waals surface area contributed by atoms with Gasteiger partial charge in [0, 0.05) is 18.6 Å². The highest BCUT2D eigenvalue weighted by atomic mass is 16.7. The summed E-state index contributed by atoms with van der Waals surface area (Å²) in [6, 6.07) is 0. The minimum atomic E-state index is -0.845. The first-order chi connectivity index (χ1) is 23.1. The van der Waals surface area contributed by atoms with Crippen LogP contribution in [0.3, 0.4) is 0 Å². The fraction of sp³-hybridized carbons (Fsp3) is 0.706. The normalized spacial score (nSPS) is 26.8. The minimum Gasteiger partial charge on any atom is -0.462 e. The highest BCUT2D eigenvalue weighted by molar-refractivity contribution is 5.81. The molecule has 14 heteroatoms. The smallest absolute Gasteiger partial charge is 0.462 e. The first-order valence-electron chi connectivity index (χ1n) is 16.7. The second-order valence-corrected chi connectivity index (χ2v) is 12.4. The summed E-state index contributed by atoms with van der Waals surface area (Å²) in [6.07, 6.45) is 6.10. The van der Waals surface area contributed by atoms with Crippen LogP contribution in [-0.2, 0) is 57.1 Å². The molecule has 3 aliphatic carbocycles. The standard InChI is InChI=1S/C34H48O14/c1-4-29(35)41-16-18-43-33(39)46-25-10-6-23(7-11-25)21-31(37)48-28-15-14-27(20-22(28)3)45-32(38)24-8-12-26(13-9-24)47-34(40)44-19-17-42-30(36)5-2/h4-5,22-28H,1-2,6-21H2,3H3. The van der Waals surface area contributed by atoms with Crippen molar-refractivity contribution in [1.29, 1.82) is 0 Å². The molecule has 0 spiro atoms. The van der Waals surface area contributed by atoms with Gasteiger partial charge in [-0.05, 0) is 82.5 Å². The predicted octanol–water partition coefficient (Wildman–Crippen LogP) is 4.90. The SMILES string of the molecule is C=CC(=O)OCCOC(=O)OC1CCC(CC(=O)OC2CCC(OC(=O)C3CCC(OC(=O)OCCOC(=O)C=C)CC3)CC2C)CC1. The molecule has 0 aromatic heterocycles. The molecular formula is C34H48O14. The van der Waals surface area contributed by atoms with E-state index in [0.29, 0.717) is 64.2 Å². The molecule has 3 rings (SSSR count). The van der Waals surface area contributed by atoms with Gasteiger partial charge >= 0.3 is 36.2 Å². The van der Waals surface area contributed by atoms with Crippen LogP contribution in [0.15, 0.2) is 25.3 Å². The molecule has 3 atom stereocenters. The van der Waals surface area contributed by atoms with E-state index in [1.807, 2.05) is 6.92 Å². The van der Waals surface area contributed by atoms with Crippen molar-refractivity contribution in [3.63, 3.8) is 0 Å². The van der Waals surface area contributed by atoms with Gasteiger partial charge in [-0.15, -0.1) is 0 Å². The highest BCUT2D eigenvalue weighted by Crippen LogP contribution is 2.34. The molecule has 0 aromatic rings. The third-order valence-corrected chi connectivity index (χ3v) is 8.82. The van der Waals surface area contributed by atoms with Crippen molar-refractivity contribution in [2.24, 2.45) is 17.8 Å². The van der Waals surface area contributed by atoms with Crippen molar-refractivity contribution >= 4 is 36.2 Å². The quantitative estimate of drug-likeness (QED) is 0.0987. The Morgan fingerprint density at radius 2 is 1.06 bits per heavy atom. The van der Waals surface area contributed by atoms with E-state index >= 15 is 0 Å². The molecule has 14 nitrogen and oxygen atoms in total. The average Bonchev–Trinajstić information content (AvgIpc) is 3.07. The van der Waals surface area contributed by atoms with E-state index in [1.54, 1.807) is 0 Å². The van der Waals surface area contributed by atoms with E-state index in [0.717, 1.165) is 25.0 Å². The number of carbonyl (C=O) groups is 6. The van der Waals surface area contributed by atoms with Gasteiger partial charge in [0.25, 0.3) is 0 Å². The average molecular weight is 681 g/mol. The monoisotopic (exact) mass is 680 g/mol. The van der Waals surface area contributed by atoms with Crippen LogP contribution in [0, 0.1) is 17.8 Å². The van der Waals surface area contributed by atoms with Crippen LogP contribution in [0.5, 0.6) is 0 Å². The Bertz CT molecular complexity index is 1120. The third kappa shape index (κ3) is 13.9. The number of ether oxygens (including phenoxy) is 8. The summed E-state index contributed by atoms with van der Waals surface area (Å²) in [4.78, 5) is 71.3. The Morgan fingerprint density at radius 3 is 1.56 bits per heavy atom. The Hall–Kier alpha value is -4.10. The van der Waals surface area contributed by atoms with Crippen molar-refractivity contribution in [2.45, 2.75) is 108 Å². The van der Waals surface area contributed by atoms with E-state index in [2.05, 4.69) is 13.2 Å². The Kier molecular flexibility index (Phi) is 16.2. The van der Waals surface area contributed by atoms with E-state index in [4.69, 9.17) is 37.9 Å². The molecular weight excluding hydrogens is 632 g/mol. The third-order valence-electron chi connectivity index (χ3n) is 8.82. The minimum absolute atomic E-state index is 0.0337. The number of carbonyl (C=O) groups excluding carboxylic acids is 6. The molecule has 0 amide bonds. The fourth-order valence-electron chi connectivity index (χ4n) is 6.18. The van der Waals surface area contributed by atoms with Crippen LogP contribution in [-0.4, -0.2) is 87.0 Å². The first-order valence-corrected chi connectivity index (χ1v) is 16.7. The van der Waals surface area contributed by atoms with E-state index in [-0.39, 0.29) is 80.5 Å². The van der Waals surface area contributed by atoms with Gasteiger partial charge in [-0.25, -0.2) is 19.2 Å².